The van der Waals surface area contributed by atoms with Crippen molar-refractivity contribution in [3.05, 3.63) is 0 Å². The van der Waals surface area contributed by atoms with Gasteiger partial charge in [0.15, 0.2) is 0 Å². The number of methoxy groups -OCH3 is 2. The van der Waals surface area contributed by atoms with E-state index in [2.05, 4.69) is 6.92 Å². The van der Waals surface area contributed by atoms with Crippen LogP contribution in [0.15, 0.2) is 0 Å². The molecule has 3 heteroatoms. The molecule has 3 nitrogen and oxygen atoms in total. The molecule has 0 aliphatic heterocycles. The normalized spacial score (nSPS) is 12.0. The zero-order chi connectivity index (χ0) is 10.2. The molecule has 0 spiro atoms. The van der Waals surface area contributed by atoms with Gasteiger partial charge in [-0.25, -0.2) is 0 Å². The first-order valence-corrected chi connectivity index (χ1v) is 5.07. The van der Waals surface area contributed by atoms with Gasteiger partial charge in [0.2, 0.25) is 5.91 Å². The molecule has 0 heterocycles. The first-order chi connectivity index (χ1) is 6.18. The lowest BCUT2D eigenvalue weighted by Crippen LogP contribution is -2.43. The summed E-state index contributed by atoms with van der Waals surface area (Å²) in [7, 11) is 3.16. The molecule has 0 amide bonds. The Kier molecular flexibility index (Phi) is 7.23. The zero-order valence-electron chi connectivity index (χ0n) is 9.14. The molecule has 13 heavy (non-hydrogen) atoms. The van der Waals surface area contributed by atoms with Crippen LogP contribution < -0.4 is 5.73 Å². The minimum atomic E-state index is -0.869. The van der Waals surface area contributed by atoms with Crippen LogP contribution in [0.25, 0.3) is 0 Å². The maximum absolute atomic E-state index is 5.77. The Bertz CT molecular complexity index is 113. The van der Waals surface area contributed by atoms with Crippen molar-refractivity contribution in [2.45, 2.75) is 51.4 Å². The summed E-state index contributed by atoms with van der Waals surface area (Å²) in [4.78, 5) is 0. The molecule has 0 aliphatic carbocycles. The molecule has 0 saturated heterocycles. The lowest BCUT2D eigenvalue weighted by Gasteiger charge is -2.25. The van der Waals surface area contributed by atoms with Crippen molar-refractivity contribution < 1.29 is 9.47 Å². The second-order valence-corrected chi connectivity index (χ2v) is 3.38. The molecule has 0 aromatic heterocycles. The second-order valence-electron chi connectivity index (χ2n) is 3.38. The number of rotatable bonds is 8. The highest BCUT2D eigenvalue weighted by Gasteiger charge is 2.22. The van der Waals surface area contributed by atoms with Crippen molar-refractivity contribution >= 4 is 0 Å². The largest absolute Gasteiger partial charge is 0.341 e. The van der Waals surface area contributed by atoms with Crippen molar-refractivity contribution in [3.63, 3.8) is 0 Å². The summed E-state index contributed by atoms with van der Waals surface area (Å²) < 4.78 is 10.1. The van der Waals surface area contributed by atoms with Crippen molar-refractivity contribution in [3.8, 4) is 0 Å². The van der Waals surface area contributed by atoms with Crippen LogP contribution in [0.1, 0.15) is 45.4 Å². The van der Waals surface area contributed by atoms with Gasteiger partial charge >= 0.3 is 0 Å². The van der Waals surface area contributed by atoms with E-state index < -0.39 is 5.91 Å². The highest BCUT2D eigenvalue weighted by atomic mass is 16.7. The molecule has 0 unspecified atom stereocenters. The number of hydrogen-bond acceptors (Lipinski definition) is 3. The molecule has 0 bridgehead atoms. The Morgan fingerprint density at radius 3 is 2.00 bits per heavy atom. The van der Waals surface area contributed by atoms with Crippen molar-refractivity contribution in [2.75, 3.05) is 14.2 Å². The van der Waals surface area contributed by atoms with Crippen LogP contribution in [0, 0.1) is 0 Å². The fourth-order valence-corrected chi connectivity index (χ4v) is 1.26. The first-order valence-electron chi connectivity index (χ1n) is 5.07. The van der Waals surface area contributed by atoms with Crippen LogP contribution in [0.4, 0.5) is 0 Å². The van der Waals surface area contributed by atoms with Gasteiger partial charge in [0.05, 0.1) is 0 Å². The van der Waals surface area contributed by atoms with Gasteiger partial charge in [0.1, 0.15) is 0 Å². The number of ether oxygens (including phenoxy) is 2. The highest BCUT2D eigenvalue weighted by Crippen LogP contribution is 2.14. The third-order valence-electron chi connectivity index (χ3n) is 2.32. The van der Waals surface area contributed by atoms with E-state index in [-0.39, 0.29) is 0 Å². The van der Waals surface area contributed by atoms with E-state index in [1.165, 1.54) is 25.7 Å². The summed E-state index contributed by atoms with van der Waals surface area (Å²) in [5, 5.41) is 0. The van der Waals surface area contributed by atoms with E-state index in [1.54, 1.807) is 14.2 Å². The van der Waals surface area contributed by atoms with E-state index in [4.69, 9.17) is 15.2 Å². The van der Waals surface area contributed by atoms with Crippen LogP contribution in [0.3, 0.4) is 0 Å². The Morgan fingerprint density at radius 2 is 1.54 bits per heavy atom. The van der Waals surface area contributed by atoms with Gasteiger partial charge in [-0.2, -0.15) is 0 Å². The van der Waals surface area contributed by atoms with Gasteiger partial charge in [0, 0.05) is 20.6 Å². The summed E-state index contributed by atoms with van der Waals surface area (Å²) in [6, 6.07) is 0. The molecule has 0 aliphatic rings. The lowest BCUT2D eigenvalue weighted by atomic mass is 10.1. The van der Waals surface area contributed by atoms with Crippen molar-refractivity contribution in [1.29, 1.82) is 0 Å². The molecule has 0 saturated carbocycles. The van der Waals surface area contributed by atoms with Crippen LogP contribution >= 0.6 is 0 Å². The predicted octanol–water partition coefficient (Wildman–Crippen LogP) is 2.25. The van der Waals surface area contributed by atoms with Crippen molar-refractivity contribution in [2.24, 2.45) is 5.73 Å². The summed E-state index contributed by atoms with van der Waals surface area (Å²) in [5.41, 5.74) is 5.77. The van der Waals surface area contributed by atoms with Crippen LogP contribution in [0.5, 0.6) is 0 Å². The van der Waals surface area contributed by atoms with Crippen LogP contribution in [-0.2, 0) is 9.47 Å². The highest BCUT2D eigenvalue weighted by molar-refractivity contribution is 4.59. The SMILES string of the molecule is CCCCCCCC(N)(OC)OC. The summed E-state index contributed by atoms with van der Waals surface area (Å²) in [6.07, 6.45) is 6.89. The Hall–Kier alpha value is -0.120. The Balaban J connectivity index is 3.39. The summed E-state index contributed by atoms with van der Waals surface area (Å²) >= 11 is 0. The van der Waals surface area contributed by atoms with E-state index in [9.17, 15) is 0 Å². The summed E-state index contributed by atoms with van der Waals surface area (Å²) in [6.45, 7) is 2.21. The van der Waals surface area contributed by atoms with E-state index >= 15 is 0 Å². The monoisotopic (exact) mass is 189 g/mol. The zero-order valence-corrected chi connectivity index (χ0v) is 9.14. The standard InChI is InChI=1S/C10H23NO2/c1-4-5-6-7-8-9-10(11,12-2)13-3/h4-9,11H2,1-3H3. The van der Waals surface area contributed by atoms with E-state index in [0.29, 0.717) is 0 Å². The minimum Gasteiger partial charge on any atom is -0.341 e. The predicted molar refractivity (Wildman–Crippen MR) is 54.3 cm³/mol. The second kappa shape index (κ2) is 7.30. The minimum absolute atomic E-state index is 0.768. The number of nitrogens with two attached hydrogens (primary N) is 1. The molecule has 0 aromatic rings. The van der Waals surface area contributed by atoms with Gasteiger partial charge in [-0.3, -0.25) is 5.73 Å². The molecule has 0 rings (SSSR count). The third-order valence-corrected chi connectivity index (χ3v) is 2.32. The van der Waals surface area contributed by atoms with Crippen LogP contribution in [0.2, 0.25) is 0 Å². The number of hydrogen-bond donors (Lipinski definition) is 1. The lowest BCUT2D eigenvalue weighted by molar-refractivity contribution is -0.207. The Morgan fingerprint density at radius 1 is 1.00 bits per heavy atom. The third kappa shape index (κ3) is 6.02. The average Bonchev–Trinajstić information content (AvgIpc) is 2.17. The molecule has 2 N–H and O–H groups in total. The quantitative estimate of drug-likeness (QED) is 0.470. The molecular formula is C10H23NO2. The molecule has 0 fully saturated rings. The van der Waals surface area contributed by atoms with Crippen LogP contribution in [-0.4, -0.2) is 20.1 Å². The Labute approximate surface area is 81.6 Å². The fraction of sp³-hybridized carbons (Fsp3) is 1.00. The topological polar surface area (TPSA) is 44.5 Å². The van der Waals surface area contributed by atoms with E-state index in [1.807, 2.05) is 0 Å². The van der Waals surface area contributed by atoms with E-state index in [0.717, 1.165) is 12.8 Å². The van der Waals surface area contributed by atoms with Gasteiger partial charge in [-0.15, -0.1) is 0 Å². The molecule has 0 radical (unpaired) electrons. The molecule has 0 aromatic carbocycles. The molecule has 0 atom stereocenters. The first kappa shape index (κ1) is 12.9. The number of unbranched alkanes of at least 4 members (excludes halogenated alkanes) is 4. The summed E-state index contributed by atoms with van der Waals surface area (Å²) in [5.74, 6) is -0.869. The maximum atomic E-state index is 5.77. The average molecular weight is 189 g/mol. The van der Waals surface area contributed by atoms with Gasteiger partial charge in [-0.05, 0) is 6.42 Å². The molecular weight excluding hydrogens is 166 g/mol. The van der Waals surface area contributed by atoms with Gasteiger partial charge in [0.25, 0.3) is 0 Å². The maximum Gasteiger partial charge on any atom is 0.224 e. The van der Waals surface area contributed by atoms with Crippen molar-refractivity contribution in [1.82, 2.24) is 0 Å². The fourth-order valence-electron chi connectivity index (χ4n) is 1.26. The molecule has 80 valence electrons. The van der Waals surface area contributed by atoms with Gasteiger partial charge in [-0.1, -0.05) is 32.6 Å². The van der Waals surface area contributed by atoms with Gasteiger partial charge < -0.3 is 9.47 Å². The smallest absolute Gasteiger partial charge is 0.224 e.